The zero-order valence-electron chi connectivity index (χ0n) is 18.7. The molecule has 3 heterocycles. The van der Waals surface area contributed by atoms with Crippen LogP contribution in [0.25, 0.3) is 0 Å². The third kappa shape index (κ3) is 5.32. The molecule has 0 spiro atoms. The van der Waals surface area contributed by atoms with Gasteiger partial charge in [0.25, 0.3) is 5.91 Å². The van der Waals surface area contributed by atoms with E-state index in [1.165, 1.54) is 29.2 Å². The molecule has 182 valence electrons. The van der Waals surface area contributed by atoms with Crippen LogP contribution in [0.15, 0.2) is 36.7 Å². The number of alkyl halides is 3. The first-order valence-corrected chi connectivity index (χ1v) is 10.7. The molecule has 2 amide bonds. The van der Waals surface area contributed by atoms with E-state index in [2.05, 4.69) is 14.7 Å². The zero-order chi connectivity index (χ0) is 24.5. The number of ether oxygens (including phenoxy) is 2. The quantitative estimate of drug-likeness (QED) is 0.601. The zero-order valence-corrected chi connectivity index (χ0v) is 18.7. The highest BCUT2D eigenvalue weighted by Gasteiger charge is 2.37. The van der Waals surface area contributed by atoms with Crippen molar-refractivity contribution in [1.82, 2.24) is 14.9 Å². The van der Waals surface area contributed by atoms with E-state index < -0.39 is 18.9 Å². The highest BCUT2D eigenvalue weighted by atomic mass is 19.4. The van der Waals surface area contributed by atoms with Crippen LogP contribution in [0.4, 0.5) is 24.8 Å². The van der Waals surface area contributed by atoms with Gasteiger partial charge in [-0.05, 0) is 24.3 Å². The van der Waals surface area contributed by atoms with Crippen molar-refractivity contribution in [3.05, 3.63) is 36.7 Å². The fraction of sp³-hybridized carbons (Fsp3) is 0.455. The number of rotatable bonds is 7. The molecule has 0 N–H and O–H groups in total. The Hall–Kier alpha value is -3.57. The number of carbonyl (C=O) groups excluding carboxylic acids is 2. The molecule has 1 atom stereocenters. The summed E-state index contributed by atoms with van der Waals surface area (Å²) >= 11 is 0. The molecule has 34 heavy (non-hydrogen) atoms. The van der Waals surface area contributed by atoms with E-state index in [1.807, 2.05) is 4.90 Å². The second-order valence-corrected chi connectivity index (χ2v) is 8.34. The number of carbonyl (C=O) groups is 2. The lowest BCUT2D eigenvalue weighted by Gasteiger charge is -2.39. The predicted molar refractivity (Wildman–Crippen MR) is 116 cm³/mol. The van der Waals surface area contributed by atoms with E-state index in [4.69, 9.17) is 4.74 Å². The first-order valence-electron chi connectivity index (χ1n) is 10.7. The largest absolute Gasteiger partial charge is 0.484 e. The van der Waals surface area contributed by atoms with Gasteiger partial charge in [-0.3, -0.25) is 9.59 Å². The second kappa shape index (κ2) is 9.35. The first-order chi connectivity index (χ1) is 16.1. The summed E-state index contributed by atoms with van der Waals surface area (Å²) in [4.78, 5) is 38.4. The van der Waals surface area contributed by atoms with Crippen LogP contribution in [0.5, 0.6) is 11.5 Å². The number of nitrogens with zero attached hydrogens (tertiary/aromatic N) is 5. The Labute approximate surface area is 194 Å². The molecule has 0 radical (unpaired) electrons. The Balaban J connectivity index is 1.30. The van der Waals surface area contributed by atoms with Crippen LogP contribution in [0, 0.1) is 5.92 Å². The van der Waals surface area contributed by atoms with Gasteiger partial charge in [0.1, 0.15) is 11.5 Å². The number of amides is 2. The van der Waals surface area contributed by atoms with E-state index in [-0.39, 0.29) is 23.5 Å². The molecule has 9 nitrogen and oxygen atoms in total. The van der Waals surface area contributed by atoms with Crippen molar-refractivity contribution in [3.63, 3.8) is 0 Å². The Morgan fingerprint density at radius 2 is 1.74 bits per heavy atom. The minimum absolute atomic E-state index is 0.0564. The van der Waals surface area contributed by atoms with Gasteiger partial charge in [-0.15, -0.1) is 0 Å². The molecule has 2 fully saturated rings. The summed E-state index contributed by atoms with van der Waals surface area (Å²) in [6.07, 6.45) is -1.57. The summed E-state index contributed by atoms with van der Waals surface area (Å²) in [6, 6.07) is 5.64. The lowest BCUT2D eigenvalue weighted by atomic mass is 9.99. The molecule has 1 aromatic heterocycles. The Morgan fingerprint density at radius 3 is 2.32 bits per heavy atom. The van der Waals surface area contributed by atoms with E-state index in [0.717, 1.165) is 0 Å². The maximum Gasteiger partial charge on any atom is 0.422 e. The van der Waals surface area contributed by atoms with Gasteiger partial charge >= 0.3 is 6.18 Å². The fourth-order valence-electron chi connectivity index (χ4n) is 3.74. The molecule has 2 aliphatic heterocycles. The molecule has 0 saturated carbocycles. The van der Waals surface area contributed by atoms with Crippen LogP contribution in [0.3, 0.4) is 0 Å². The summed E-state index contributed by atoms with van der Waals surface area (Å²) in [5.74, 6) is 0.659. The summed E-state index contributed by atoms with van der Waals surface area (Å²) in [6.45, 7) is 0.142. The molecule has 12 heteroatoms. The third-order valence-electron chi connectivity index (χ3n) is 5.55. The first kappa shape index (κ1) is 23.6. The number of hydrogen-bond acceptors (Lipinski definition) is 7. The van der Waals surface area contributed by atoms with Gasteiger partial charge in [0.15, 0.2) is 12.7 Å². The van der Waals surface area contributed by atoms with Gasteiger partial charge < -0.3 is 24.2 Å². The second-order valence-electron chi connectivity index (χ2n) is 8.34. The SMILES string of the molecule is CN(C)C(=O)C1CN(c2ncc(N3CC[C@@H](Oc4ccc(OCC(F)(F)F)cc4)C3=O)cn2)C1. The molecular weight excluding hydrogens is 455 g/mol. The van der Waals surface area contributed by atoms with Gasteiger partial charge in [-0.25, -0.2) is 9.97 Å². The van der Waals surface area contributed by atoms with Gasteiger partial charge in [-0.1, -0.05) is 0 Å². The number of hydrogen-bond donors (Lipinski definition) is 0. The number of aromatic nitrogens is 2. The highest BCUT2D eigenvalue weighted by molar-refractivity contribution is 5.98. The van der Waals surface area contributed by atoms with Crippen molar-refractivity contribution >= 4 is 23.5 Å². The van der Waals surface area contributed by atoms with Crippen LogP contribution in [0.2, 0.25) is 0 Å². The Morgan fingerprint density at radius 1 is 1.12 bits per heavy atom. The van der Waals surface area contributed by atoms with E-state index in [9.17, 15) is 22.8 Å². The molecule has 0 bridgehead atoms. The summed E-state index contributed by atoms with van der Waals surface area (Å²) in [5.41, 5.74) is 0.539. The summed E-state index contributed by atoms with van der Waals surface area (Å²) in [5, 5.41) is 0. The van der Waals surface area contributed by atoms with Gasteiger partial charge in [-0.2, -0.15) is 13.2 Å². The van der Waals surface area contributed by atoms with Gasteiger partial charge in [0.05, 0.1) is 24.0 Å². The monoisotopic (exact) mass is 479 g/mol. The number of halogens is 3. The molecule has 1 aromatic carbocycles. The Bertz CT molecular complexity index is 1020. The van der Waals surface area contributed by atoms with Crippen molar-refractivity contribution in [2.45, 2.75) is 18.7 Å². The smallest absolute Gasteiger partial charge is 0.422 e. The van der Waals surface area contributed by atoms with Crippen LogP contribution in [-0.4, -0.2) is 79.3 Å². The highest BCUT2D eigenvalue weighted by Crippen LogP contribution is 2.28. The lowest BCUT2D eigenvalue weighted by molar-refractivity contribution is -0.153. The lowest BCUT2D eigenvalue weighted by Crippen LogP contribution is -2.54. The van der Waals surface area contributed by atoms with Crippen LogP contribution in [-0.2, 0) is 9.59 Å². The average molecular weight is 479 g/mol. The predicted octanol–water partition coefficient (Wildman–Crippen LogP) is 2.13. The molecule has 4 rings (SSSR count). The van der Waals surface area contributed by atoms with Crippen LogP contribution >= 0.6 is 0 Å². The van der Waals surface area contributed by atoms with E-state index >= 15 is 0 Å². The molecule has 0 unspecified atom stereocenters. The van der Waals surface area contributed by atoms with Crippen molar-refractivity contribution in [2.24, 2.45) is 5.92 Å². The van der Waals surface area contributed by atoms with Crippen molar-refractivity contribution in [2.75, 3.05) is 50.1 Å². The molecule has 0 aliphatic carbocycles. The molecule has 2 aromatic rings. The summed E-state index contributed by atoms with van der Waals surface area (Å²) < 4.78 is 47.1. The van der Waals surface area contributed by atoms with Gasteiger partial charge in [0, 0.05) is 40.2 Å². The van der Waals surface area contributed by atoms with Gasteiger partial charge in [0.2, 0.25) is 11.9 Å². The van der Waals surface area contributed by atoms with Crippen molar-refractivity contribution in [3.8, 4) is 11.5 Å². The topological polar surface area (TPSA) is 88.1 Å². The standard InChI is InChI=1S/C22H24F3N5O4/c1-28(2)19(31)14-11-29(12-14)21-26-9-15(10-27-21)30-8-7-18(20(30)32)34-17-5-3-16(4-6-17)33-13-22(23,24)25/h3-6,9-10,14,18H,7-8,11-13H2,1-2H3/t18-/m1/s1. The van der Waals surface area contributed by atoms with Crippen molar-refractivity contribution < 1.29 is 32.2 Å². The fourth-order valence-corrected chi connectivity index (χ4v) is 3.74. The molecular formula is C22H24F3N5O4. The molecule has 2 aliphatic rings. The number of benzene rings is 1. The third-order valence-corrected chi connectivity index (χ3v) is 5.55. The van der Waals surface area contributed by atoms with Crippen LogP contribution < -0.4 is 19.3 Å². The van der Waals surface area contributed by atoms with Crippen molar-refractivity contribution in [1.29, 1.82) is 0 Å². The number of anilines is 2. The minimum atomic E-state index is -4.42. The average Bonchev–Trinajstić information content (AvgIpc) is 3.12. The maximum atomic E-state index is 12.8. The maximum absolute atomic E-state index is 12.8. The summed E-state index contributed by atoms with van der Waals surface area (Å²) in [7, 11) is 3.45. The normalized spacial score (nSPS) is 18.6. The van der Waals surface area contributed by atoms with Crippen LogP contribution in [0.1, 0.15) is 6.42 Å². The Kier molecular flexibility index (Phi) is 6.49. The minimum Gasteiger partial charge on any atom is -0.484 e. The molecule has 2 saturated heterocycles. The van der Waals surface area contributed by atoms with E-state index in [0.29, 0.717) is 43.4 Å². The van der Waals surface area contributed by atoms with E-state index in [1.54, 1.807) is 31.4 Å².